The third-order valence-corrected chi connectivity index (χ3v) is 4.42. The van der Waals surface area contributed by atoms with Crippen molar-refractivity contribution in [3.8, 4) is 0 Å². The molecule has 0 N–H and O–H groups in total. The topological polar surface area (TPSA) is 20.3 Å². The number of amides is 1. The van der Waals surface area contributed by atoms with Crippen molar-refractivity contribution >= 4 is 28.8 Å². The molecule has 2 aromatic rings. The van der Waals surface area contributed by atoms with E-state index < -0.39 is 5.38 Å². The van der Waals surface area contributed by atoms with Crippen LogP contribution in [-0.2, 0) is 11.3 Å². The first-order valence-corrected chi connectivity index (χ1v) is 7.93. The van der Waals surface area contributed by atoms with Gasteiger partial charge in [-0.15, -0.1) is 22.9 Å². The first-order valence-electron chi connectivity index (χ1n) is 6.61. The first kappa shape index (κ1) is 15.1. The molecule has 2 nitrogen and oxygen atoms in total. The van der Waals surface area contributed by atoms with E-state index in [1.807, 2.05) is 66.6 Å². The van der Waals surface area contributed by atoms with Crippen molar-refractivity contribution in [2.24, 2.45) is 0 Å². The van der Waals surface area contributed by atoms with Gasteiger partial charge >= 0.3 is 0 Å². The summed E-state index contributed by atoms with van der Waals surface area (Å²) in [6.07, 6.45) is 0. The van der Waals surface area contributed by atoms with Crippen molar-refractivity contribution in [1.82, 2.24) is 4.90 Å². The molecule has 4 heteroatoms. The lowest BCUT2D eigenvalue weighted by Gasteiger charge is -2.28. The lowest BCUT2D eigenvalue weighted by atomic mass is 10.1. The molecule has 1 unspecified atom stereocenters. The van der Waals surface area contributed by atoms with Gasteiger partial charge in [0.1, 0.15) is 5.38 Å². The number of carbonyl (C=O) groups excluding carboxylic acids is 1. The lowest BCUT2D eigenvalue weighted by molar-refractivity contribution is -0.133. The Morgan fingerprint density at radius 3 is 2.45 bits per heavy atom. The predicted octanol–water partition coefficient (Wildman–Crippen LogP) is 4.47. The molecular formula is C16H18ClNOS. The molecule has 0 fully saturated rings. The Balaban J connectivity index is 2.15. The molecule has 1 heterocycles. The standard InChI is InChI=1S/C16H18ClNOS/c1-12(2)18(11-14-9-6-10-20-14)16(19)15(17)13-7-4-3-5-8-13/h3-10,12,15H,11H2,1-2H3. The predicted molar refractivity (Wildman–Crippen MR) is 85.0 cm³/mol. The number of hydrogen-bond acceptors (Lipinski definition) is 2. The molecule has 106 valence electrons. The van der Waals surface area contributed by atoms with Crippen molar-refractivity contribution in [2.75, 3.05) is 0 Å². The van der Waals surface area contributed by atoms with Gasteiger partial charge in [-0.2, -0.15) is 0 Å². The number of alkyl halides is 1. The molecule has 1 aromatic heterocycles. The zero-order valence-electron chi connectivity index (χ0n) is 11.6. The quantitative estimate of drug-likeness (QED) is 0.747. The SMILES string of the molecule is CC(C)N(Cc1cccs1)C(=O)C(Cl)c1ccccc1. The monoisotopic (exact) mass is 307 g/mol. The second-order valence-corrected chi connectivity index (χ2v) is 6.38. The highest BCUT2D eigenvalue weighted by Crippen LogP contribution is 2.25. The maximum absolute atomic E-state index is 12.6. The minimum Gasteiger partial charge on any atom is -0.334 e. The van der Waals surface area contributed by atoms with Crippen LogP contribution in [0.4, 0.5) is 0 Å². The molecule has 1 aromatic carbocycles. The summed E-state index contributed by atoms with van der Waals surface area (Å²) in [4.78, 5) is 15.6. The fraction of sp³-hybridized carbons (Fsp3) is 0.312. The van der Waals surface area contributed by atoms with Crippen molar-refractivity contribution in [2.45, 2.75) is 31.8 Å². The number of halogens is 1. The number of rotatable bonds is 5. The Kier molecular flexibility index (Phi) is 5.21. The van der Waals surface area contributed by atoms with Crippen molar-refractivity contribution in [3.05, 3.63) is 58.3 Å². The Morgan fingerprint density at radius 2 is 1.90 bits per heavy atom. The Bertz CT molecular complexity index is 539. The minimum absolute atomic E-state index is 0.0405. The number of thiophene rings is 1. The molecule has 20 heavy (non-hydrogen) atoms. The van der Waals surface area contributed by atoms with E-state index >= 15 is 0 Å². The molecule has 0 aliphatic heterocycles. The van der Waals surface area contributed by atoms with E-state index in [2.05, 4.69) is 0 Å². The number of nitrogens with zero attached hydrogens (tertiary/aromatic N) is 1. The van der Waals surface area contributed by atoms with Crippen LogP contribution in [0.2, 0.25) is 0 Å². The molecule has 0 aliphatic carbocycles. The molecule has 1 amide bonds. The van der Waals surface area contributed by atoms with Crippen LogP contribution in [0.15, 0.2) is 47.8 Å². The molecule has 0 saturated carbocycles. The van der Waals surface area contributed by atoms with E-state index in [0.717, 1.165) is 5.56 Å². The smallest absolute Gasteiger partial charge is 0.245 e. The van der Waals surface area contributed by atoms with Gasteiger partial charge < -0.3 is 4.90 Å². The molecule has 0 bridgehead atoms. The van der Waals surface area contributed by atoms with Crippen LogP contribution in [0.3, 0.4) is 0 Å². The van der Waals surface area contributed by atoms with E-state index in [1.54, 1.807) is 11.3 Å². The van der Waals surface area contributed by atoms with Gasteiger partial charge in [0.2, 0.25) is 5.91 Å². The van der Waals surface area contributed by atoms with E-state index in [-0.39, 0.29) is 11.9 Å². The summed E-state index contributed by atoms with van der Waals surface area (Å²) in [6, 6.07) is 13.7. The molecular weight excluding hydrogens is 290 g/mol. The summed E-state index contributed by atoms with van der Waals surface area (Å²) in [6.45, 7) is 4.64. The number of benzene rings is 1. The van der Waals surface area contributed by atoms with Crippen molar-refractivity contribution in [3.63, 3.8) is 0 Å². The molecule has 1 atom stereocenters. The zero-order chi connectivity index (χ0) is 14.5. The van der Waals surface area contributed by atoms with E-state index in [1.165, 1.54) is 4.88 Å². The highest BCUT2D eigenvalue weighted by molar-refractivity contribution is 7.09. The highest BCUT2D eigenvalue weighted by atomic mass is 35.5. The minimum atomic E-state index is -0.626. The van der Waals surface area contributed by atoms with Crippen LogP contribution in [0.1, 0.15) is 29.7 Å². The Hall–Kier alpha value is -1.32. The summed E-state index contributed by atoms with van der Waals surface area (Å²) in [7, 11) is 0. The van der Waals surface area contributed by atoms with E-state index in [9.17, 15) is 4.79 Å². The van der Waals surface area contributed by atoms with Crippen molar-refractivity contribution < 1.29 is 4.79 Å². The summed E-state index contributed by atoms with van der Waals surface area (Å²) in [5.41, 5.74) is 0.844. The van der Waals surface area contributed by atoms with Gasteiger partial charge in [0, 0.05) is 10.9 Å². The van der Waals surface area contributed by atoms with Gasteiger partial charge in [-0.25, -0.2) is 0 Å². The van der Waals surface area contributed by atoms with Gasteiger partial charge in [-0.05, 0) is 30.9 Å². The third kappa shape index (κ3) is 3.62. The molecule has 0 saturated heterocycles. The molecule has 2 rings (SSSR count). The third-order valence-electron chi connectivity index (χ3n) is 3.12. The first-order chi connectivity index (χ1) is 9.59. The average molecular weight is 308 g/mol. The normalized spacial score (nSPS) is 12.4. The zero-order valence-corrected chi connectivity index (χ0v) is 13.2. The van der Waals surface area contributed by atoms with E-state index in [4.69, 9.17) is 11.6 Å². The lowest BCUT2D eigenvalue weighted by Crippen LogP contribution is -2.38. The van der Waals surface area contributed by atoms with Crippen LogP contribution < -0.4 is 0 Å². The maximum atomic E-state index is 12.6. The average Bonchev–Trinajstić information content (AvgIpc) is 2.97. The summed E-state index contributed by atoms with van der Waals surface area (Å²) >= 11 is 8.00. The number of hydrogen-bond donors (Lipinski definition) is 0. The van der Waals surface area contributed by atoms with Crippen LogP contribution in [0.5, 0.6) is 0 Å². The van der Waals surface area contributed by atoms with Gasteiger partial charge in [-0.3, -0.25) is 4.79 Å². The summed E-state index contributed by atoms with van der Waals surface area (Å²) < 4.78 is 0. The summed E-state index contributed by atoms with van der Waals surface area (Å²) in [5.74, 6) is -0.0405. The molecule has 0 spiro atoms. The van der Waals surface area contributed by atoms with Gasteiger partial charge in [0.05, 0.1) is 6.54 Å². The van der Waals surface area contributed by atoms with Crippen LogP contribution in [-0.4, -0.2) is 16.8 Å². The second-order valence-electron chi connectivity index (χ2n) is 4.91. The largest absolute Gasteiger partial charge is 0.334 e. The van der Waals surface area contributed by atoms with Crippen molar-refractivity contribution in [1.29, 1.82) is 0 Å². The van der Waals surface area contributed by atoms with Gasteiger partial charge in [-0.1, -0.05) is 36.4 Å². The van der Waals surface area contributed by atoms with Crippen LogP contribution in [0.25, 0.3) is 0 Å². The second kappa shape index (κ2) is 6.91. The van der Waals surface area contributed by atoms with Crippen LogP contribution >= 0.6 is 22.9 Å². The molecule has 0 radical (unpaired) electrons. The molecule has 0 aliphatic rings. The fourth-order valence-electron chi connectivity index (χ4n) is 2.00. The van der Waals surface area contributed by atoms with Crippen LogP contribution in [0, 0.1) is 0 Å². The van der Waals surface area contributed by atoms with Gasteiger partial charge in [0.15, 0.2) is 0 Å². The number of carbonyl (C=O) groups is 1. The van der Waals surface area contributed by atoms with Gasteiger partial charge in [0.25, 0.3) is 0 Å². The fourth-order valence-corrected chi connectivity index (χ4v) is 2.97. The maximum Gasteiger partial charge on any atom is 0.245 e. The van der Waals surface area contributed by atoms with E-state index in [0.29, 0.717) is 6.54 Å². The summed E-state index contributed by atoms with van der Waals surface area (Å²) in [5, 5.41) is 1.40. The Morgan fingerprint density at radius 1 is 1.20 bits per heavy atom. The highest BCUT2D eigenvalue weighted by Gasteiger charge is 2.25. The Labute approximate surface area is 129 Å².